The van der Waals surface area contributed by atoms with Gasteiger partial charge >= 0.3 is 6.03 Å². The maximum absolute atomic E-state index is 12.4. The van der Waals surface area contributed by atoms with Crippen molar-refractivity contribution in [3.05, 3.63) is 0 Å². The average molecular weight is 331 g/mol. The molecule has 2 amide bonds. The zero-order valence-corrected chi connectivity index (χ0v) is 14.3. The van der Waals surface area contributed by atoms with Crippen LogP contribution in [0.4, 0.5) is 4.79 Å². The number of amides is 2. The minimum Gasteiger partial charge on any atom is -0.335 e. The van der Waals surface area contributed by atoms with E-state index in [-0.39, 0.29) is 18.1 Å². The van der Waals surface area contributed by atoms with Crippen LogP contribution in [0.2, 0.25) is 0 Å². The van der Waals surface area contributed by atoms with Crippen LogP contribution in [0.5, 0.6) is 0 Å². The van der Waals surface area contributed by atoms with Crippen molar-refractivity contribution in [2.75, 3.05) is 19.3 Å². The van der Waals surface area contributed by atoms with E-state index >= 15 is 0 Å². The molecule has 0 aromatic rings. The second-order valence-corrected chi connectivity index (χ2v) is 8.45. The lowest BCUT2D eigenvalue weighted by Crippen LogP contribution is -2.53. The van der Waals surface area contributed by atoms with E-state index in [1.54, 1.807) is 4.90 Å². The normalized spacial score (nSPS) is 25.3. The predicted molar refractivity (Wildman–Crippen MR) is 87.2 cm³/mol. The summed E-state index contributed by atoms with van der Waals surface area (Å²) in [6.45, 7) is 1.17. The smallest absolute Gasteiger partial charge is 0.317 e. The van der Waals surface area contributed by atoms with Crippen molar-refractivity contribution in [3.8, 4) is 0 Å². The van der Waals surface area contributed by atoms with E-state index in [1.165, 1.54) is 38.4 Å². The van der Waals surface area contributed by atoms with Gasteiger partial charge in [0.15, 0.2) is 0 Å². The Labute approximate surface area is 134 Å². The molecule has 1 saturated heterocycles. The molecule has 1 saturated carbocycles. The number of carbonyl (C=O) groups excluding carboxylic acids is 1. The molecule has 22 heavy (non-hydrogen) atoms. The maximum atomic E-state index is 12.4. The van der Waals surface area contributed by atoms with Gasteiger partial charge in [-0.2, -0.15) is 0 Å². The highest BCUT2D eigenvalue weighted by Crippen LogP contribution is 2.18. The maximum Gasteiger partial charge on any atom is 0.317 e. The first-order valence-corrected chi connectivity index (χ1v) is 10.4. The van der Waals surface area contributed by atoms with Gasteiger partial charge in [0, 0.05) is 25.2 Å². The van der Waals surface area contributed by atoms with Crippen LogP contribution >= 0.6 is 0 Å². The molecule has 2 fully saturated rings. The number of piperidine rings is 1. The third-order valence-electron chi connectivity index (χ3n) is 4.52. The molecule has 2 aliphatic rings. The number of hydrogen-bond donors (Lipinski definition) is 2. The summed E-state index contributed by atoms with van der Waals surface area (Å²) < 4.78 is 25.3. The molecular weight excluding hydrogens is 302 g/mol. The molecule has 0 aromatic heterocycles. The fourth-order valence-electron chi connectivity index (χ4n) is 3.43. The first kappa shape index (κ1) is 17.5. The highest BCUT2D eigenvalue weighted by atomic mass is 32.2. The molecule has 1 heterocycles. The topological polar surface area (TPSA) is 78.5 Å². The minimum absolute atomic E-state index is 0.0365. The van der Waals surface area contributed by atoms with Crippen LogP contribution in [0, 0.1) is 0 Å². The number of nitrogens with one attached hydrogen (secondary N) is 2. The van der Waals surface area contributed by atoms with Gasteiger partial charge in [0.2, 0.25) is 10.0 Å². The molecule has 128 valence electrons. The Morgan fingerprint density at radius 3 is 2.18 bits per heavy atom. The Morgan fingerprint density at radius 1 is 0.955 bits per heavy atom. The molecule has 7 heteroatoms. The summed E-state index contributed by atoms with van der Waals surface area (Å²) in [6.07, 6.45) is 11.1. The van der Waals surface area contributed by atoms with Gasteiger partial charge in [-0.3, -0.25) is 0 Å². The first-order valence-electron chi connectivity index (χ1n) is 8.47. The fraction of sp³-hybridized carbons (Fsp3) is 0.933. The standard InChI is InChI=1S/C15H29N3O3S/c1-22(20,21)17-14-10-7-11-18(12-14)15(19)16-13-8-5-3-2-4-6-9-13/h13-14,17H,2-12H2,1H3,(H,16,19)/t14-/m0/s1. The van der Waals surface area contributed by atoms with Crippen LogP contribution in [-0.2, 0) is 10.0 Å². The third-order valence-corrected chi connectivity index (χ3v) is 5.28. The Kier molecular flexibility index (Phi) is 6.50. The molecule has 0 radical (unpaired) electrons. The van der Waals surface area contributed by atoms with Crippen molar-refractivity contribution in [1.82, 2.24) is 14.9 Å². The molecule has 1 aliphatic carbocycles. The molecule has 1 atom stereocenters. The molecular formula is C15H29N3O3S. The van der Waals surface area contributed by atoms with Gasteiger partial charge in [-0.25, -0.2) is 17.9 Å². The minimum atomic E-state index is -3.22. The SMILES string of the molecule is CS(=O)(=O)N[C@H]1CCCN(C(=O)NC2CCCCCCC2)C1. The first-order chi connectivity index (χ1) is 10.4. The van der Waals surface area contributed by atoms with Crippen LogP contribution in [0.25, 0.3) is 0 Å². The number of hydrogen-bond acceptors (Lipinski definition) is 3. The molecule has 1 aliphatic heterocycles. The summed E-state index contributed by atoms with van der Waals surface area (Å²) in [5.74, 6) is 0. The van der Waals surface area contributed by atoms with Gasteiger partial charge in [0.25, 0.3) is 0 Å². The quantitative estimate of drug-likeness (QED) is 0.828. The zero-order chi connectivity index (χ0) is 16.0. The van der Waals surface area contributed by atoms with E-state index in [0.717, 1.165) is 25.7 Å². The molecule has 6 nitrogen and oxygen atoms in total. The van der Waals surface area contributed by atoms with Crippen molar-refractivity contribution in [2.45, 2.75) is 69.9 Å². The van der Waals surface area contributed by atoms with Gasteiger partial charge in [0.05, 0.1) is 6.26 Å². The largest absolute Gasteiger partial charge is 0.335 e. The van der Waals surface area contributed by atoms with E-state index in [9.17, 15) is 13.2 Å². The highest BCUT2D eigenvalue weighted by Gasteiger charge is 2.26. The summed E-state index contributed by atoms with van der Waals surface area (Å²) in [6, 6.07) is 0.0773. The summed E-state index contributed by atoms with van der Waals surface area (Å²) in [5.41, 5.74) is 0. The van der Waals surface area contributed by atoms with Gasteiger partial charge < -0.3 is 10.2 Å². The second kappa shape index (κ2) is 8.15. The lowest BCUT2D eigenvalue weighted by molar-refractivity contribution is 0.171. The third kappa shape index (κ3) is 6.12. The van der Waals surface area contributed by atoms with E-state index in [0.29, 0.717) is 13.1 Å². The summed E-state index contributed by atoms with van der Waals surface area (Å²) in [4.78, 5) is 14.2. The number of rotatable bonds is 3. The lowest BCUT2D eigenvalue weighted by atomic mass is 9.97. The Balaban J connectivity index is 1.83. The van der Waals surface area contributed by atoms with Crippen molar-refractivity contribution in [3.63, 3.8) is 0 Å². The van der Waals surface area contributed by atoms with Crippen LogP contribution in [0.1, 0.15) is 57.8 Å². The monoisotopic (exact) mass is 331 g/mol. The van der Waals surface area contributed by atoms with E-state index in [4.69, 9.17) is 0 Å². The summed E-state index contributed by atoms with van der Waals surface area (Å²) >= 11 is 0. The van der Waals surface area contributed by atoms with Gasteiger partial charge in [-0.05, 0) is 25.7 Å². The van der Waals surface area contributed by atoms with Gasteiger partial charge in [-0.1, -0.05) is 32.1 Å². The van der Waals surface area contributed by atoms with Crippen molar-refractivity contribution < 1.29 is 13.2 Å². The zero-order valence-electron chi connectivity index (χ0n) is 13.5. The lowest BCUT2D eigenvalue weighted by Gasteiger charge is -2.34. The van der Waals surface area contributed by atoms with E-state index in [2.05, 4.69) is 10.0 Å². The van der Waals surface area contributed by atoms with E-state index in [1.807, 2.05) is 0 Å². The number of likely N-dealkylation sites (tertiary alicyclic amines) is 1. The van der Waals surface area contributed by atoms with Crippen molar-refractivity contribution >= 4 is 16.1 Å². The van der Waals surface area contributed by atoms with Crippen molar-refractivity contribution in [1.29, 1.82) is 0 Å². The second-order valence-electron chi connectivity index (χ2n) is 6.67. The van der Waals surface area contributed by atoms with Crippen LogP contribution < -0.4 is 10.0 Å². The number of carbonyl (C=O) groups is 1. The van der Waals surface area contributed by atoms with Crippen molar-refractivity contribution in [2.24, 2.45) is 0 Å². The number of nitrogens with zero attached hydrogens (tertiary/aromatic N) is 1. The molecule has 0 bridgehead atoms. The van der Waals surface area contributed by atoms with E-state index < -0.39 is 10.0 Å². The molecule has 0 aromatic carbocycles. The van der Waals surface area contributed by atoms with Gasteiger partial charge in [-0.15, -0.1) is 0 Å². The van der Waals surface area contributed by atoms with Gasteiger partial charge in [0.1, 0.15) is 0 Å². The molecule has 2 N–H and O–H groups in total. The summed E-state index contributed by atoms with van der Waals surface area (Å²) in [5, 5.41) is 3.15. The van der Waals surface area contributed by atoms with Crippen LogP contribution in [0.15, 0.2) is 0 Å². The molecule has 2 rings (SSSR count). The summed E-state index contributed by atoms with van der Waals surface area (Å²) in [7, 11) is -3.22. The Hall–Kier alpha value is -0.820. The van der Waals surface area contributed by atoms with Crippen LogP contribution in [0.3, 0.4) is 0 Å². The Bertz CT molecular complexity index is 459. The predicted octanol–water partition coefficient (Wildman–Crippen LogP) is 1.82. The molecule has 0 spiro atoms. The number of urea groups is 1. The highest BCUT2D eigenvalue weighted by molar-refractivity contribution is 7.88. The van der Waals surface area contributed by atoms with Crippen LogP contribution in [-0.4, -0.2) is 50.8 Å². The average Bonchev–Trinajstić information content (AvgIpc) is 2.40. The number of sulfonamides is 1. The molecule has 0 unspecified atom stereocenters. The Morgan fingerprint density at radius 2 is 1.55 bits per heavy atom. The fourth-order valence-corrected chi connectivity index (χ4v) is 4.22.